The van der Waals surface area contributed by atoms with Gasteiger partial charge in [0.05, 0.1) is 22.4 Å². The van der Waals surface area contributed by atoms with Crippen LogP contribution in [0.1, 0.15) is 23.6 Å². The number of benzene rings is 7. The topological polar surface area (TPSA) is 25.8 Å². The van der Waals surface area contributed by atoms with Gasteiger partial charge in [-0.2, -0.15) is 0 Å². The molecule has 2 aromatic heterocycles. The molecule has 0 atom stereocenters. The van der Waals surface area contributed by atoms with Crippen LogP contribution in [0.5, 0.6) is 0 Å². The Morgan fingerprint density at radius 2 is 0.708 bits per heavy atom. The van der Waals surface area contributed by atoms with Crippen molar-refractivity contribution in [2.24, 2.45) is 0 Å². The van der Waals surface area contributed by atoms with Crippen LogP contribution in [0, 0.1) is 0 Å². The van der Waals surface area contributed by atoms with E-state index in [1.165, 1.54) is 38.2 Å². The van der Waals surface area contributed by atoms with Crippen molar-refractivity contribution in [3.8, 4) is 22.5 Å². The summed E-state index contributed by atoms with van der Waals surface area (Å²) in [5.41, 5.74) is 9.59. The van der Waals surface area contributed by atoms with Crippen molar-refractivity contribution in [2.75, 3.05) is 0 Å². The van der Waals surface area contributed by atoms with Crippen molar-refractivity contribution in [1.82, 2.24) is 9.97 Å². The second kappa shape index (κ2) is 11.3. The van der Waals surface area contributed by atoms with E-state index in [1.54, 1.807) is 0 Å². The molecule has 2 nitrogen and oxygen atoms in total. The molecular formula is C46H32N2. The van der Waals surface area contributed by atoms with Gasteiger partial charge in [0.1, 0.15) is 0 Å². The first-order valence-corrected chi connectivity index (χ1v) is 16.5. The Hall–Kier alpha value is -6.12. The van der Waals surface area contributed by atoms with Crippen molar-refractivity contribution in [2.45, 2.75) is 12.3 Å². The highest BCUT2D eigenvalue weighted by Gasteiger charge is 2.31. The summed E-state index contributed by atoms with van der Waals surface area (Å²) in [6.45, 7) is 2.33. The average molecular weight is 613 g/mol. The molecule has 0 N–H and O–H groups in total. The summed E-state index contributed by atoms with van der Waals surface area (Å²) in [5.74, 6) is 0. The molecule has 0 saturated heterocycles. The summed E-state index contributed by atoms with van der Waals surface area (Å²) in [4.78, 5) is 10.3. The number of aromatic nitrogens is 2. The minimum Gasteiger partial charge on any atom is -0.247 e. The third-order valence-electron chi connectivity index (χ3n) is 10.0. The molecule has 9 aromatic rings. The van der Waals surface area contributed by atoms with E-state index in [0.29, 0.717) is 0 Å². The zero-order valence-corrected chi connectivity index (χ0v) is 26.6. The Morgan fingerprint density at radius 1 is 0.333 bits per heavy atom. The number of rotatable bonds is 5. The fourth-order valence-electron chi connectivity index (χ4n) is 7.26. The summed E-state index contributed by atoms with van der Waals surface area (Å²) in [6, 6.07) is 62.9. The lowest BCUT2D eigenvalue weighted by molar-refractivity contribution is 0.693. The molecule has 0 radical (unpaired) electrons. The number of fused-ring (bicyclic) bond motifs is 6. The largest absolute Gasteiger partial charge is 0.247 e. The van der Waals surface area contributed by atoms with Crippen LogP contribution in [0.15, 0.2) is 176 Å². The highest BCUT2D eigenvalue weighted by molar-refractivity contribution is 6.06. The second-order valence-corrected chi connectivity index (χ2v) is 12.8. The minimum atomic E-state index is -0.363. The van der Waals surface area contributed by atoms with Crippen LogP contribution >= 0.6 is 0 Å². The number of pyridine rings is 2. The van der Waals surface area contributed by atoms with Crippen molar-refractivity contribution >= 4 is 43.4 Å². The van der Waals surface area contributed by atoms with Gasteiger partial charge in [0, 0.05) is 38.1 Å². The monoisotopic (exact) mass is 612 g/mol. The zero-order valence-electron chi connectivity index (χ0n) is 26.6. The molecule has 0 spiro atoms. The minimum absolute atomic E-state index is 0.363. The Balaban J connectivity index is 1.10. The smallest absolute Gasteiger partial charge is 0.0787 e. The first-order chi connectivity index (χ1) is 23.6. The quantitative estimate of drug-likeness (QED) is 0.143. The van der Waals surface area contributed by atoms with Crippen LogP contribution < -0.4 is 0 Å². The molecule has 0 fully saturated rings. The van der Waals surface area contributed by atoms with E-state index < -0.39 is 0 Å². The number of hydrogen-bond acceptors (Lipinski definition) is 2. The number of nitrogens with zero attached hydrogens (tertiary/aromatic N) is 2. The molecule has 226 valence electrons. The lowest BCUT2D eigenvalue weighted by atomic mass is 9.71. The van der Waals surface area contributed by atoms with Crippen LogP contribution in [0.25, 0.3) is 65.9 Å². The van der Waals surface area contributed by atoms with Gasteiger partial charge in [0.15, 0.2) is 0 Å². The molecule has 0 unspecified atom stereocenters. The lowest BCUT2D eigenvalue weighted by Gasteiger charge is -2.32. The third kappa shape index (κ3) is 4.65. The molecule has 2 heteroatoms. The van der Waals surface area contributed by atoms with E-state index in [2.05, 4.69) is 183 Å². The van der Waals surface area contributed by atoms with Gasteiger partial charge in [-0.05, 0) is 46.5 Å². The van der Waals surface area contributed by atoms with Crippen molar-refractivity contribution in [3.05, 3.63) is 193 Å². The predicted molar refractivity (Wildman–Crippen MR) is 201 cm³/mol. The van der Waals surface area contributed by atoms with Gasteiger partial charge in [-0.1, -0.05) is 164 Å². The van der Waals surface area contributed by atoms with Crippen molar-refractivity contribution < 1.29 is 0 Å². The molecule has 0 aliphatic carbocycles. The standard InChI is InChI=1S/C46H32N2/c1-46(37-11-3-2-4-12-37,38-25-19-33(20-26-38)42-29-23-35-17-15-31-9-5-7-13-40(31)44(35)47-42)39-27-21-34(22-28-39)43-30-24-36-18-16-32-10-6-8-14-41(32)45(36)48-43/h2-30H,1H3. The maximum absolute atomic E-state index is 5.15. The van der Waals surface area contributed by atoms with Gasteiger partial charge in [-0.3, -0.25) is 0 Å². The third-order valence-corrected chi connectivity index (χ3v) is 10.0. The second-order valence-electron chi connectivity index (χ2n) is 12.8. The number of hydrogen-bond donors (Lipinski definition) is 0. The van der Waals surface area contributed by atoms with E-state index in [9.17, 15) is 0 Å². The maximum atomic E-state index is 5.15. The van der Waals surface area contributed by atoms with Gasteiger partial charge in [0.2, 0.25) is 0 Å². The normalized spacial score (nSPS) is 11.9. The molecular weight excluding hydrogens is 581 g/mol. The van der Waals surface area contributed by atoms with E-state index in [0.717, 1.165) is 44.3 Å². The average Bonchev–Trinajstić information content (AvgIpc) is 3.17. The Kier molecular flexibility index (Phi) is 6.62. The maximum Gasteiger partial charge on any atom is 0.0787 e. The molecule has 9 rings (SSSR count). The van der Waals surface area contributed by atoms with Crippen LogP contribution in [0.4, 0.5) is 0 Å². The van der Waals surface area contributed by atoms with Gasteiger partial charge in [-0.15, -0.1) is 0 Å². The first kappa shape index (κ1) is 28.1. The van der Waals surface area contributed by atoms with Crippen LogP contribution in [-0.4, -0.2) is 9.97 Å². The fourth-order valence-corrected chi connectivity index (χ4v) is 7.26. The Bertz CT molecular complexity index is 2440. The molecule has 2 heterocycles. The summed E-state index contributed by atoms with van der Waals surface area (Å²) in [6.07, 6.45) is 0. The van der Waals surface area contributed by atoms with E-state index >= 15 is 0 Å². The first-order valence-electron chi connectivity index (χ1n) is 16.5. The van der Waals surface area contributed by atoms with Crippen LogP contribution in [-0.2, 0) is 5.41 Å². The van der Waals surface area contributed by atoms with Gasteiger partial charge < -0.3 is 0 Å². The summed E-state index contributed by atoms with van der Waals surface area (Å²) < 4.78 is 0. The van der Waals surface area contributed by atoms with Crippen molar-refractivity contribution in [3.63, 3.8) is 0 Å². The highest BCUT2D eigenvalue weighted by Crippen LogP contribution is 2.40. The SMILES string of the molecule is CC(c1ccccc1)(c1ccc(-c2ccc3ccc4ccccc4c3n2)cc1)c1ccc(-c2ccc3ccc4ccccc4c3n2)cc1. The van der Waals surface area contributed by atoms with Crippen molar-refractivity contribution in [1.29, 1.82) is 0 Å². The highest BCUT2D eigenvalue weighted by atomic mass is 14.7. The summed E-state index contributed by atoms with van der Waals surface area (Å²) >= 11 is 0. The fraction of sp³-hybridized carbons (Fsp3) is 0.0435. The van der Waals surface area contributed by atoms with Crippen LogP contribution in [0.3, 0.4) is 0 Å². The zero-order chi connectivity index (χ0) is 32.1. The van der Waals surface area contributed by atoms with Gasteiger partial charge in [-0.25, -0.2) is 9.97 Å². The molecule has 0 saturated carbocycles. The van der Waals surface area contributed by atoms with Gasteiger partial charge >= 0.3 is 0 Å². The molecule has 48 heavy (non-hydrogen) atoms. The lowest BCUT2D eigenvalue weighted by Crippen LogP contribution is -2.25. The summed E-state index contributed by atoms with van der Waals surface area (Å²) in [7, 11) is 0. The van der Waals surface area contributed by atoms with Gasteiger partial charge in [0.25, 0.3) is 0 Å². The van der Waals surface area contributed by atoms with E-state index in [-0.39, 0.29) is 5.41 Å². The molecule has 0 aliphatic rings. The van der Waals surface area contributed by atoms with Crippen LogP contribution in [0.2, 0.25) is 0 Å². The predicted octanol–water partition coefficient (Wildman–Crippen LogP) is 11.8. The van der Waals surface area contributed by atoms with E-state index in [1.807, 2.05) is 0 Å². The Labute approximate surface area is 280 Å². The summed E-state index contributed by atoms with van der Waals surface area (Å²) in [5, 5.41) is 7.09. The molecule has 0 bridgehead atoms. The Morgan fingerprint density at radius 3 is 1.19 bits per heavy atom. The molecule has 0 amide bonds. The molecule has 7 aromatic carbocycles. The molecule has 0 aliphatic heterocycles. The van der Waals surface area contributed by atoms with E-state index in [4.69, 9.17) is 9.97 Å².